The summed E-state index contributed by atoms with van der Waals surface area (Å²) in [5, 5.41) is 9.08. The average molecular weight is 527 g/mol. The van der Waals surface area contributed by atoms with E-state index in [4.69, 9.17) is 9.84 Å². The fourth-order valence-corrected chi connectivity index (χ4v) is 5.18. The standard InChI is InChI=1S/C26H56NO2S.BrH/c1-5-7-8-9-10-11-12-13-14-15-16-17-18-19-23-30-25-26(29-6-2)24-27(3,4)21-20-22-28;/h26,28H,5-25H2,1-4H3;1H/q+1;/p-1. The lowest BCUT2D eigenvalue weighted by Gasteiger charge is -2.33. The lowest BCUT2D eigenvalue weighted by Crippen LogP contribution is -3.00. The van der Waals surface area contributed by atoms with Gasteiger partial charge >= 0.3 is 0 Å². The number of hydrogen-bond acceptors (Lipinski definition) is 3. The van der Waals surface area contributed by atoms with Crippen molar-refractivity contribution in [3.8, 4) is 0 Å². The van der Waals surface area contributed by atoms with Crippen LogP contribution in [0.1, 0.15) is 110 Å². The van der Waals surface area contributed by atoms with Crippen LogP contribution in [0.15, 0.2) is 0 Å². The SMILES string of the molecule is CCCCCCCCCCCCCCCCSCC(C[N+](C)(C)CCCO)OCC.[Br-]. The molecule has 0 aliphatic carbocycles. The van der Waals surface area contributed by atoms with Crippen LogP contribution in [0.2, 0.25) is 0 Å². The summed E-state index contributed by atoms with van der Waals surface area (Å²) in [6.45, 7) is 7.53. The fraction of sp³-hybridized carbons (Fsp3) is 1.00. The summed E-state index contributed by atoms with van der Waals surface area (Å²) in [6.07, 6.45) is 21.2. The normalized spacial score (nSPS) is 12.7. The van der Waals surface area contributed by atoms with Gasteiger partial charge in [-0.2, -0.15) is 11.8 Å². The Labute approximate surface area is 210 Å². The number of aliphatic hydroxyl groups excluding tert-OH is 1. The summed E-state index contributed by atoms with van der Waals surface area (Å²) < 4.78 is 6.92. The van der Waals surface area contributed by atoms with Crippen LogP contribution < -0.4 is 17.0 Å². The molecule has 0 radical (unpaired) electrons. The number of likely N-dealkylation sites (N-methyl/N-ethyl adjacent to an activating group) is 1. The summed E-state index contributed by atoms with van der Waals surface area (Å²) in [5.74, 6) is 2.37. The Balaban J connectivity index is 0. The molecule has 31 heavy (non-hydrogen) atoms. The van der Waals surface area contributed by atoms with Crippen LogP contribution in [0.3, 0.4) is 0 Å². The van der Waals surface area contributed by atoms with Gasteiger partial charge in [0.05, 0.1) is 20.6 Å². The maximum absolute atomic E-state index is 9.08. The molecule has 0 saturated heterocycles. The zero-order valence-corrected chi connectivity index (χ0v) is 23.9. The number of rotatable bonds is 24. The lowest BCUT2D eigenvalue weighted by atomic mass is 10.0. The van der Waals surface area contributed by atoms with Gasteiger partial charge in [-0.25, -0.2) is 0 Å². The minimum absolute atomic E-state index is 0. The molecule has 0 saturated carbocycles. The number of quaternary nitrogens is 1. The molecule has 5 heteroatoms. The summed E-state index contributed by atoms with van der Waals surface area (Å²) in [6, 6.07) is 0. The Morgan fingerprint density at radius 1 is 0.742 bits per heavy atom. The first-order valence-electron chi connectivity index (χ1n) is 13.2. The molecule has 0 heterocycles. The van der Waals surface area contributed by atoms with E-state index in [9.17, 15) is 0 Å². The van der Waals surface area contributed by atoms with E-state index in [0.717, 1.165) is 36.4 Å². The predicted octanol–water partition coefficient (Wildman–Crippen LogP) is 4.07. The predicted molar refractivity (Wildman–Crippen MR) is 137 cm³/mol. The highest BCUT2D eigenvalue weighted by molar-refractivity contribution is 7.99. The van der Waals surface area contributed by atoms with Gasteiger partial charge in [0.2, 0.25) is 0 Å². The van der Waals surface area contributed by atoms with Crippen molar-refractivity contribution >= 4 is 11.8 Å². The molecule has 3 nitrogen and oxygen atoms in total. The van der Waals surface area contributed by atoms with Gasteiger partial charge in [-0.15, -0.1) is 0 Å². The number of halogens is 1. The maximum atomic E-state index is 9.08. The van der Waals surface area contributed by atoms with E-state index in [1.54, 1.807) is 0 Å². The Morgan fingerprint density at radius 3 is 1.68 bits per heavy atom. The smallest absolute Gasteiger partial charge is 0.115 e. The molecule has 0 aromatic rings. The summed E-state index contributed by atoms with van der Waals surface area (Å²) in [4.78, 5) is 0. The van der Waals surface area contributed by atoms with Crippen LogP contribution in [-0.4, -0.2) is 67.6 Å². The molecule has 0 aromatic heterocycles. The van der Waals surface area contributed by atoms with E-state index >= 15 is 0 Å². The molecule has 0 bridgehead atoms. The third-order valence-corrected chi connectivity index (χ3v) is 7.15. The van der Waals surface area contributed by atoms with E-state index in [1.165, 1.54) is 95.6 Å². The van der Waals surface area contributed by atoms with Crippen molar-refractivity contribution in [1.82, 2.24) is 0 Å². The third-order valence-electron chi connectivity index (χ3n) is 5.97. The third kappa shape index (κ3) is 25.2. The van der Waals surface area contributed by atoms with Gasteiger partial charge in [-0.05, 0) is 19.1 Å². The molecule has 0 amide bonds. The molecular formula is C26H56BrNO2S. The quantitative estimate of drug-likeness (QED) is 0.152. The molecular weight excluding hydrogens is 470 g/mol. The zero-order valence-electron chi connectivity index (χ0n) is 21.5. The Bertz CT molecular complexity index is 345. The van der Waals surface area contributed by atoms with Gasteiger partial charge in [-0.1, -0.05) is 90.4 Å². The summed E-state index contributed by atoms with van der Waals surface area (Å²) >= 11 is 2.07. The first-order chi connectivity index (χ1) is 14.6. The molecule has 0 aliphatic rings. The number of thioether (sulfide) groups is 1. The molecule has 0 spiro atoms. The topological polar surface area (TPSA) is 29.5 Å². The van der Waals surface area contributed by atoms with E-state index < -0.39 is 0 Å². The van der Waals surface area contributed by atoms with Crippen LogP contribution in [0.25, 0.3) is 0 Å². The molecule has 1 atom stereocenters. The van der Waals surface area contributed by atoms with Crippen molar-refractivity contribution in [3.63, 3.8) is 0 Å². The second kappa shape index (κ2) is 25.3. The van der Waals surface area contributed by atoms with E-state index in [2.05, 4.69) is 39.7 Å². The lowest BCUT2D eigenvalue weighted by molar-refractivity contribution is -0.893. The van der Waals surface area contributed by atoms with Crippen molar-refractivity contribution in [3.05, 3.63) is 0 Å². The van der Waals surface area contributed by atoms with Gasteiger partial charge in [0.15, 0.2) is 0 Å². The van der Waals surface area contributed by atoms with Gasteiger partial charge in [0.25, 0.3) is 0 Å². The van der Waals surface area contributed by atoms with E-state index in [1.807, 2.05) is 0 Å². The minimum atomic E-state index is 0. The van der Waals surface area contributed by atoms with Gasteiger partial charge in [-0.3, -0.25) is 0 Å². The van der Waals surface area contributed by atoms with Crippen molar-refractivity contribution in [2.75, 3.05) is 51.9 Å². The second-order valence-corrected chi connectivity index (χ2v) is 10.8. The number of ether oxygens (including phenoxy) is 1. The molecule has 1 N–H and O–H groups in total. The Kier molecular flexibility index (Phi) is 27.7. The molecule has 0 aromatic carbocycles. The van der Waals surface area contributed by atoms with Gasteiger partial charge < -0.3 is 31.3 Å². The number of unbranched alkanes of at least 4 members (excludes halogenated alkanes) is 13. The average Bonchev–Trinajstić information content (AvgIpc) is 2.72. The molecule has 0 fully saturated rings. The first kappa shape index (κ1) is 33.9. The minimum Gasteiger partial charge on any atom is -1.00 e. The highest BCUT2D eigenvalue weighted by Crippen LogP contribution is 2.16. The van der Waals surface area contributed by atoms with Crippen LogP contribution >= 0.6 is 11.8 Å². The Hall–Kier alpha value is 0.710. The maximum Gasteiger partial charge on any atom is 0.115 e. The largest absolute Gasteiger partial charge is 1.00 e. The molecule has 1 unspecified atom stereocenters. The molecule has 0 aliphatic heterocycles. The Morgan fingerprint density at radius 2 is 1.23 bits per heavy atom. The van der Waals surface area contributed by atoms with Gasteiger partial charge in [0.1, 0.15) is 12.6 Å². The van der Waals surface area contributed by atoms with Crippen LogP contribution in [0.5, 0.6) is 0 Å². The van der Waals surface area contributed by atoms with Crippen LogP contribution in [-0.2, 0) is 4.74 Å². The molecule has 190 valence electrons. The second-order valence-electron chi connectivity index (χ2n) is 9.67. The number of aliphatic hydroxyl groups is 1. The van der Waals surface area contributed by atoms with Crippen molar-refractivity contribution in [1.29, 1.82) is 0 Å². The molecule has 0 rings (SSSR count). The van der Waals surface area contributed by atoms with Crippen molar-refractivity contribution < 1.29 is 31.3 Å². The fourth-order valence-electron chi connectivity index (χ4n) is 4.14. The first-order valence-corrected chi connectivity index (χ1v) is 14.3. The highest BCUT2D eigenvalue weighted by Gasteiger charge is 2.22. The highest BCUT2D eigenvalue weighted by atomic mass is 79.9. The van der Waals surface area contributed by atoms with Crippen molar-refractivity contribution in [2.24, 2.45) is 0 Å². The summed E-state index contributed by atoms with van der Waals surface area (Å²) in [5.41, 5.74) is 0. The van der Waals surface area contributed by atoms with Gasteiger partial charge in [0, 0.05) is 25.4 Å². The van der Waals surface area contributed by atoms with Crippen LogP contribution in [0.4, 0.5) is 0 Å². The summed E-state index contributed by atoms with van der Waals surface area (Å²) in [7, 11) is 4.50. The van der Waals surface area contributed by atoms with E-state index in [0.29, 0.717) is 6.10 Å². The van der Waals surface area contributed by atoms with Crippen molar-refractivity contribution in [2.45, 2.75) is 116 Å². The van der Waals surface area contributed by atoms with E-state index in [-0.39, 0.29) is 23.6 Å². The monoisotopic (exact) mass is 525 g/mol. The number of hydrogen-bond donors (Lipinski definition) is 1. The van der Waals surface area contributed by atoms with Crippen LogP contribution in [0, 0.1) is 0 Å². The number of nitrogens with zero attached hydrogens (tertiary/aromatic N) is 1. The zero-order chi connectivity index (χ0) is 22.3.